The van der Waals surface area contributed by atoms with Gasteiger partial charge in [0.2, 0.25) is 5.91 Å². The minimum Gasteiger partial charge on any atom is -0.480 e. The largest absolute Gasteiger partial charge is 0.480 e. The minimum atomic E-state index is -0.963. The third-order valence-electron chi connectivity index (χ3n) is 3.47. The van der Waals surface area contributed by atoms with E-state index in [2.05, 4.69) is 19.2 Å². The Balaban J connectivity index is 4.20. The van der Waals surface area contributed by atoms with Gasteiger partial charge in [-0.15, -0.1) is 0 Å². The topological polar surface area (TPSA) is 92.4 Å². The molecule has 5 nitrogen and oxygen atoms in total. The van der Waals surface area contributed by atoms with Gasteiger partial charge in [-0.05, 0) is 49.7 Å². The van der Waals surface area contributed by atoms with E-state index in [0.717, 1.165) is 18.6 Å². The van der Waals surface area contributed by atoms with E-state index >= 15 is 0 Å². The first-order chi connectivity index (χ1) is 9.42. The van der Waals surface area contributed by atoms with Crippen LogP contribution in [0, 0.1) is 11.8 Å². The molecule has 2 unspecified atom stereocenters. The zero-order valence-electron chi connectivity index (χ0n) is 12.7. The second kappa shape index (κ2) is 11.0. The molecule has 0 rings (SSSR count). The molecule has 0 aliphatic carbocycles. The number of hydrogen-bond donors (Lipinski definition) is 3. The predicted molar refractivity (Wildman–Crippen MR) is 83.8 cm³/mol. The maximum absolute atomic E-state index is 11.8. The fourth-order valence-corrected chi connectivity index (χ4v) is 2.57. The number of carbonyl (C=O) groups is 2. The summed E-state index contributed by atoms with van der Waals surface area (Å²) in [5.74, 6) is 0.480. The molecule has 6 heteroatoms. The number of hydrogen-bond acceptors (Lipinski definition) is 4. The van der Waals surface area contributed by atoms with Gasteiger partial charge in [0.05, 0.1) is 0 Å². The smallest absolute Gasteiger partial charge is 0.326 e. The highest BCUT2D eigenvalue weighted by atomic mass is 32.2. The Hall–Kier alpha value is -0.750. The molecule has 0 aromatic carbocycles. The van der Waals surface area contributed by atoms with Crippen molar-refractivity contribution in [3.05, 3.63) is 0 Å². The summed E-state index contributed by atoms with van der Waals surface area (Å²) in [6.45, 7) is 4.86. The van der Waals surface area contributed by atoms with E-state index < -0.39 is 12.0 Å². The number of carboxylic acid groups (broad SMARTS) is 1. The van der Waals surface area contributed by atoms with Crippen LogP contribution in [0.2, 0.25) is 0 Å². The van der Waals surface area contributed by atoms with Crippen LogP contribution >= 0.6 is 11.8 Å². The first kappa shape index (κ1) is 19.2. The molecule has 4 N–H and O–H groups in total. The van der Waals surface area contributed by atoms with Crippen LogP contribution in [0.3, 0.4) is 0 Å². The van der Waals surface area contributed by atoms with Crippen molar-refractivity contribution < 1.29 is 14.7 Å². The molecule has 0 aliphatic heterocycles. The van der Waals surface area contributed by atoms with Gasteiger partial charge in [-0.3, -0.25) is 4.79 Å². The van der Waals surface area contributed by atoms with Crippen LogP contribution in [0.1, 0.15) is 39.5 Å². The van der Waals surface area contributed by atoms with Gasteiger partial charge in [0.25, 0.3) is 0 Å². The molecule has 0 bridgehead atoms. The SMILES string of the molecule is CSCCC(NC(=O)CCC(CCN)C(C)C)C(=O)O. The maximum Gasteiger partial charge on any atom is 0.326 e. The molecule has 1 amide bonds. The summed E-state index contributed by atoms with van der Waals surface area (Å²) in [6, 6.07) is -0.776. The van der Waals surface area contributed by atoms with Crippen molar-refractivity contribution in [2.75, 3.05) is 18.6 Å². The van der Waals surface area contributed by atoms with Crippen molar-refractivity contribution >= 4 is 23.6 Å². The van der Waals surface area contributed by atoms with Gasteiger partial charge >= 0.3 is 5.97 Å². The van der Waals surface area contributed by atoms with E-state index in [0.29, 0.717) is 31.2 Å². The Morgan fingerprint density at radius 1 is 1.25 bits per heavy atom. The Morgan fingerprint density at radius 3 is 2.35 bits per heavy atom. The molecule has 0 aliphatic rings. The average molecular weight is 304 g/mol. The zero-order valence-corrected chi connectivity index (χ0v) is 13.5. The number of nitrogens with two attached hydrogens (primary N) is 1. The average Bonchev–Trinajstić information content (AvgIpc) is 2.38. The van der Waals surface area contributed by atoms with Gasteiger partial charge in [0, 0.05) is 6.42 Å². The molecule has 0 radical (unpaired) electrons. The quantitative estimate of drug-likeness (QED) is 0.540. The van der Waals surface area contributed by atoms with Gasteiger partial charge in [-0.25, -0.2) is 4.79 Å². The van der Waals surface area contributed by atoms with Crippen LogP contribution in [0.4, 0.5) is 0 Å². The normalized spacial score (nSPS) is 14.1. The van der Waals surface area contributed by atoms with E-state index in [1.807, 2.05) is 6.26 Å². The van der Waals surface area contributed by atoms with Crippen LogP contribution in [-0.2, 0) is 9.59 Å². The van der Waals surface area contributed by atoms with Crippen molar-refractivity contribution in [2.45, 2.75) is 45.6 Å². The molecule has 0 spiro atoms. The van der Waals surface area contributed by atoms with E-state index in [1.54, 1.807) is 11.8 Å². The van der Waals surface area contributed by atoms with E-state index in [4.69, 9.17) is 10.8 Å². The molecule has 0 aromatic heterocycles. The molecule has 0 aromatic rings. The molecule has 0 saturated carbocycles. The van der Waals surface area contributed by atoms with Crippen LogP contribution < -0.4 is 11.1 Å². The number of rotatable bonds is 11. The zero-order chi connectivity index (χ0) is 15.5. The molecule has 2 atom stereocenters. The summed E-state index contributed by atoms with van der Waals surface area (Å²) < 4.78 is 0. The second-order valence-electron chi connectivity index (χ2n) is 5.36. The highest BCUT2D eigenvalue weighted by Crippen LogP contribution is 2.20. The first-order valence-corrected chi connectivity index (χ1v) is 8.52. The van der Waals surface area contributed by atoms with Gasteiger partial charge < -0.3 is 16.2 Å². The standard InChI is InChI=1S/C14H28N2O3S/c1-10(2)11(6-8-15)4-5-13(17)16-12(14(18)19)7-9-20-3/h10-12H,4-9,15H2,1-3H3,(H,16,17)(H,18,19). The minimum absolute atomic E-state index is 0.179. The Kier molecular flexibility index (Phi) is 10.6. The molecular formula is C14H28N2O3S. The molecule has 0 saturated heterocycles. The first-order valence-electron chi connectivity index (χ1n) is 7.13. The Labute approximate surface area is 126 Å². The number of aliphatic carboxylic acids is 1. The van der Waals surface area contributed by atoms with Crippen LogP contribution in [0.15, 0.2) is 0 Å². The third kappa shape index (κ3) is 8.43. The summed E-state index contributed by atoms with van der Waals surface area (Å²) in [6.07, 6.45) is 4.40. The van der Waals surface area contributed by atoms with Gasteiger partial charge in [-0.2, -0.15) is 11.8 Å². The summed E-state index contributed by atoms with van der Waals surface area (Å²) in [5.41, 5.74) is 5.57. The van der Waals surface area contributed by atoms with E-state index in [9.17, 15) is 9.59 Å². The lowest BCUT2D eigenvalue weighted by Gasteiger charge is -2.20. The van der Waals surface area contributed by atoms with E-state index in [-0.39, 0.29) is 5.91 Å². The number of carbonyl (C=O) groups excluding carboxylic acids is 1. The summed E-state index contributed by atoms with van der Waals surface area (Å²) in [5, 5.41) is 11.7. The fraction of sp³-hybridized carbons (Fsp3) is 0.857. The lowest BCUT2D eigenvalue weighted by Crippen LogP contribution is -2.41. The van der Waals surface area contributed by atoms with Crippen molar-refractivity contribution in [2.24, 2.45) is 17.6 Å². The summed E-state index contributed by atoms with van der Waals surface area (Å²) in [7, 11) is 0. The predicted octanol–water partition coefficient (Wildman–Crippen LogP) is 1.71. The second-order valence-corrected chi connectivity index (χ2v) is 6.35. The lowest BCUT2D eigenvalue weighted by atomic mass is 9.88. The van der Waals surface area contributed by atoms with Crippen molar-refractivity contribution in [3.63, 3.8) is 0 Å². The van der Waals surface area contributed by atoms with Crippen molar-refractivity contribution in [1.29, 1.82) is 0 Å². The van der Waals surface area contributed by atoms with Crippen molar-refractivity contribution in [3.8, 4) is 0 Å². The van der Waals surface area contributed by atoms with Crippen LogP contribution in [-0.4, -0.2) is 41.6 Å². The highest BCUT2D eigenvalue weighted by Gasteiger charge is 2.20. The summed E-state index contributed by atoms with van der Waals surface area (Å²) in [4.78, 5) is 22.9. The van der Waals surface area contributed by atoms with Crippen LogP contribution in [0.5, 0.6) is 0 Å². The lowest BCUT2D eigenvalue weighted by molar-refractivity contribution is -0.141. The molecular weight excluding hydrogens is 276 g/mol. The van der Waals surface area contributed by atoms with Crippen molar-refractivity contribution in [1.82, 2.24) is 5.32 Å². The third-order valence-corrected chi connectivity index (χ3v) is 4.11. The molecule has 20 heavy (non-hydrogen) atoms. The number of carboxylic acids is 1. The Morgan fingerprint density at radius 2 is 1.90 bits per heavy atom. The molecule has 0 fully saturated rings. The highest BCUT2D eigenvalue weighted by molar-refractivity contribution is 7.98. The van der Waals surface area contributed by atoms with Crippen LogP contribution in [0.25, 0.3) is 0 Å². The maximum atomic E-state index is 11.8. The molecule has 118 valence electrons. The van der Waals surface area contributed by atoms with Gasteiger partial charge in [-0.1, -0.05) is 13.8 Å². The summed E-state index contributed by atoms with van der Waals surface area (Å²) >= 11 is 1.57. The molecule has 0 heterocycles. The number of amides is 1. The van der Waals surface area contributed by atoms with Gasteiger partial charge in [0.1, 0.15) is 6.04 Å². The monoisotopic (exact) mass is 304 g/mol. The Bertz CT molecular complexity index is 298. The van der Waals surface area contributed by atoms with Gasteiger partial charge in [0.15, 0.2) is 0 Å². The fourth-order valence-electron chi connectivity index (χ4n) is 2.10. The number of thioether (sulfide) groups is 1. The van der Waals surface area contributed by atoms with E-state index in [1.165, 1.54) is 0 Å². The number of nitrogens with one attached hydrogen (secondary N) is 1.